The van der Waals surface area contributed by atoms with Crippen LogP contribution in [0.1, 0.15) is 12.0 Å². The van der Waals surface area contributed by atoms with Crippen LogP contribution in [0.5, 0.6) is 5.75 Å². The smallest absolute Gasteiger partial charge is 0.217 e. The summed E-state index contributed by atoms with van der Waals surface area (Å²) in [5.41, 5.74) is 1.76. The lowest BCUT2D eigenvalue weighted by Crippen LogP contribution is -2.46. The van der Waals surface area contributed by atoms with Crippen molar-refractivity contribution in [1.82, 2.24) is 24.5 Å². The van der Waals surface area contributed by atoms with Crippen LogP contribution in [0.25, 0.3) is 10.8 Å². The third-order valence-corrected chi connectivity index (χ3v) is 8.09. The van der Waals surface area contributed by atoms with Crippen molar-refractivity contribution in [1.29, 1.82) is 0 Å². The first-order chi connectivity index (χ1) is 19.5. The van der Waals surface area contributed by atoms with Gasteiger partial charge in [0.15, 0.2) is 5.35 Å². The molecule has 3 aliphatic heterocycles. The van der Waals surface area contributed by atoms with Crippen LogP contribution in [0.4, 0.5) is 5.69 Å². The number of rotatable bonds is 8. The number of fused-ring (bicyclic) bond motifs is 1. The highest BCUT2D eigenvalue weighted by Gasteiger charge is 2.21. The van der Waals surface area contributed by atoms with Crippen LogP contribution < -0.4 is 20.5 Å². The second kappa shape index (κ2) is 11.4. The molecule has 40 heavy (non-hydrogen) atoms. The number of methoxy groups -OCH3 is 1. The Kier molecular flexibility index (Phi) is 7.50. The highest BCUT2D eigenvalue weighted by Crippen LogP contribution is 2.30. The molecule has 2 aromatic rings. The maximum atomic E-state index is 13.1. The van der Waals surface area contributed by atoms with Gasteiger partial charge >= 0.3 is 0 Å². The SMILES string of the molecule is COc1cc(CN2CCOCC2)ccc1N1CCN(CCCn2[nH]n(O)c3c(=O)c4ccccc4c(=O)c2=3)CC1. The van der Waals surface area contributed by atoms with E-state index in [2.05, 4.69) is 38.1 Å². The summed E-state index contributed by atoms with van der Waals surface area (Å²) in [6, 6.07) is 13.3. The summed E-state index contributed by atoms with van der Waals surface area (Å²) in [5, 5.41) is 14.0. The first-order valence-electron chi connectivity index (χ1n) is 13.9. The van der Waals surface area contributed by atoms with Crippen LogP contribution >= 0.6 is 0 Å². The molecule has 11 heteroatoms. The maximum absolute atomic E-state index is 13.1. The fourth-order valence-corrected chi connectivity index (χ4v) is 5.94. The van der Waals surface area contributed by atoms with Crippen molar-refractivity contribution in [2.75, 3.05) is 71.0 Å². The van der Waals surface area contributed by atoms with Crippen molar-refractivity contribution in [3.8, 4) is 5.75 Å². The van der Waals surface area contributed by atoms with Crippen molar-refractivity contribution < 1.29 is 14.7 Å². The Morgan fingerprint density at radius 2 is 1.57 bits per heavy atom. The summed E-state index contributed by atoms with van der Waals surface area (Å²) < 4.78 is 12.8. The van der Waals surface area contributed by atoms with E-state index < -0.39 is 0 Å². The van der Waals surface area contributed by atoms with Crippen LogP contribution in [0.15, 0.2) is 52.1 Å². The molecular formula is C29H36N6O5. The predicted molar refractivity (Wildman–Crippen MR) is 152 cm³/mol. The number of hydrogen-bond donors (Lipinski definition) is 2. The van der Waals surface area contributed by atoms with Crippen molar-refractivity contribution in [2.45, 2.75) is 19.5 Å². The summed E-state index contributed by atoms with van der Waals surface area (Å²) >= 11 is 0. The molecule has 0 amide bonds. The van der Waals surface area contributed by atoms with Crippen LogP contribution in [-0.2, 0) is 17.8 Å². The minimum atomic E-state index is -0.358. The number of aromatic amines is 1. The number of anilines is 1. The molecule has 0 bridgehead atoms. The number of H-pyrrole nitrogens is 1. The predicted octanol–water partition coefficient (Wildman–Crippen LogP) is 1.51. The number of aromatic nitrogens is 3. The molecule has 4 aliphatic rings. The first-order valence-corrected chi connectivity index (χ1v) is 13.9. The van der Waals surface area contributed by atoms with Gasteiger partial charge in [-0.25, -0.2) is 5.21 Å². The van der Waals surface area contributed by atoms with E-state index in [-0.39, 0.29) is 21.6 Å². The molecule has 0 atom stereocenters. The second-order valence-electron chi connectivity index (χ2n) is 10.5. The molecule has 2 N–H and O–H groups in total. The van der Waals surface area contributed by atoms with Gasteiger partial charge in [0.1, 0.15) is 11.1 Å². The molecule has 11 nitrogen and oxygen atoms in total. The van der Waals surface area contributed by atoms with Gasteiger partial charge in [-0.3, -0.25) is 24.1 Å². The lowest BCUT2D eigenvalue weighted by molar-refractivity contribution is 0.0342. The third-order valence-electron chi connectivity index (χ3n) is 8.09. The number of nitrogens with one attached hydrogen (secondary N) is 1. The summed E-state index contributed by atoms with van der Waals surface area (Å²) in [7, 11) is 1.73. The van der Waals surface area contributed by atoms with Crippen molar-refractivity contribution in [2.24, 2.45) is 0 Å². The average molecular weight is 549 g/mol. The normalized spacial score (nSPS) is 17.2. The fourth-order valence-electron chi connectivity index (χ4n) is 5.94. The van der Waals surface area contributed by atoms with Crippen LogP contribution in [0.3, 0.4) is 0 Å². The number of aryl methyl sites for hydroxylation is 1. The zero-order valence-corrected chi connectivity index (χ0v) is 22.8. The van der Waals surface area contributed by atoms with Crippen LogP contribution in [0.2, 0.25) is 0 Å². The number of benzene rings is 2. The third kappa shape index (κ3) is 5.07. The molecule has 0 saturated carbocycles. The molecule has 2 fully saturated rings. The monoisotopic (exact) mass is 548 g/mol. The lowest BCUT2D eigenvalue weighted by atomic mass is 10.1. The van der Waals surface area contributed by atoms with Gasteiger partial charge in [0.05, 0.1) is 26.0 Å². The number of ether oxygens (including phenoxy) is 2. The van der Waals surface area contributed by atoms with E-state index in [4.69, 9.17) is 9.47 Å². The van der Waals surface area contributed by atoms with Gasteiger partial charge in [-0.05, 0) is 24.1 Å². The molecule has 0 spiro atoms. The lowest BCUT2D eigenvalue weighted by Gasteiger charge is -2.36. The van der Waals surface area contributed by atoms with Gasteiger partial charge < -0.3 is 19.6 Å². The zero-order chi connectivity index (χ0) is 27.6. The average Bonchev–Trinajstić information content (AvgIpc) is 3.33. The number of hydrogen-bond acceptors (Lipinski definition) is 8. The van der Waals surface area contributed by atoms with Crippen LogP contribution in [0, 0.1) is 10.7 Å². The van der Waals surface area contributed by atoms with E-state index in [1.807, 2.05) is 0 Å². The molecule has 212 valence electrons. The molecular weight excluding hydrogens is 512 g/mol. The molecule has 2 saturated heterocycles. The second-order valence-corrected chi connectivity index (χ2v) is 10.5. The molecule has 1 aliphatic carbocycles. The largest absolute Gasteiger partial charge is 0.495 e. The minimum Gasteiger partial charge on any atom is -0.495 e. The zero-order valence-electron chi connectivity index (χ0n) is 22.8. The van der Waals surface area contributed by atoms with Gasteiger partial charge in [0.25, 0.3) is 0 Å². The number of nitrogens with zero attached hydrogens (tertiary/aromatic N) is 5. The molecule has 6 rings (SSSR count). The van der Waals surface area contributed by atoms with E-state index >= 15 is 0 Å². The van der Waals surface area contributed by atoms with Crippen molar-refractivity contribution in [3.05, 3.63) is 79.2 Å². The van der Waals surface area contributed by atoms with E-state index in [1.54, 1.807) is 36.1 Å². The summed E-state index contributed by atoms with van der Waals surface area (Å²) in [6.45, 7) is 9.34. The molecule has 0 radical (unpaired) electrons. The number of morpholine rings is 1. The van der Waals surface area contributed by atoms with E-state index in [9.17, 15) is 14.8 Å². The number of piperazine rings is 1. The molecule has 0 aromatic heterocycles. The summed E-state index contributed by atoms with van der Waals surface area (Å²) in [6.07, 6.45) is 0.764. The Balaban J connectivity index is 1.08. The van der Waals surface area contributed by atoms with E-state index in [1.165, 1.54) is 5.56 Å². The Bertz CT molecular complexity index is 1660. The Morgan fingerprint density at radius 1 is 0.875 bits per heavy atom. The van der Waals surface area contributed by atoms with Crippen molar-refractivity contribution >= 4 is 16.5 Å². The molecule has 0 unspecified atom stereocenters. The van der Waals surface area contributed by atoms with E-state index in [0.29, 0.717) is 22.2 Å². The van der Waals surface area contributed by atoms with Gasteiger partial charge in [0, 0.05) is 69.7 Å². The summed E-state index contributed by atoms with van der Waals surface area (Å²) in [5.74, 6) is 0.908. The van der Waals surface area contributed by atoms with E-state index in [0.717, 1.165) is 83.4 Å². The van der Waals surface area contributed by atoms with Crippen molar-refractivity contribution in [3.63, 3.8) is 0 Å². The molecule has 3 heterocycles. The summed E-state index contributed by atoms with van der Waals surface area (Å²) in [4.78, 5) is 33.9. The Labute approximate surface area is 231 Å². The van der Waals surface area contributed by atoms with Gasteiger partial charge in [-0.15, -0.1) is 4.85 Å². The van der Waals surface area contributed by atoms with Gasteiger partial charge in [-0.1, -0.05) is 30.3 Å². The van der Waals surface area contributed by atoms with Gasteiger partial charge in [-0.2, -0.15) is 0 Å². The maximum Gasteiger partial charge on any atom is 0.217 e. The quantitative estimate of drug-likeness (QED) is 0.319. The standard InChI is InChI=1S/C29H36N6O5/c1-39-25-19-21(20-32-15-17-40-18-16-32)7-8-24(25)33-13-11-31(12-14-33)9-4-10-34-26-27(35(38)30-34)29(37)23-6-3-2-5-22(23)28(26)36/h2-3,5-8,19,30,38H,4,9-18,20H2,1H3. The Morgan fingerprint density at radius 3 is 2.27 bits per heavy atom. The van der Waals surface area contributed by atoms with Gasteiger partial charge in [0.2, 0.25) is 10.9 Å². The highest BCUT2D eigenvalue weighted by atomic mass is 16.5. The molecule has 2 aromatic carbocycles. The topological polar surface area (TPSA) is 108 Å². The first kappa shape index (κ1) is 26.4. The Hall–Kier alpha value is -3.80. The highest BCUT2D eigenvalue weighted by molar-refractivity contribution is 5.81. The fraction of sp³-hybridized carbons (Fsp3) is 0.448. The van der Waals surface area contributed by atoms with Crippen LogP contribution in [-0.4, -0.2) is 95.9 Å². The minimum absolute atomic E-state index is 0.0118.